The summed E-state index contributed by atoms with van der Waals surface area (Å²) in [5.41, 5.74) is 0. The molecule has 1 unspecified atom stereocenters. The second-order valence-electron chi connectivity index (χ2n) is 6.60. The van der Waals surface area contributed by atoms with Crippen molar-refractivity contribution in [1.82, 2.24) is 15.5 Å². The minimum absolute atomic E-state index is 0.00990. The maximum Gasteiger partial charge on any atom is 0.317 e. The Balaban J connectivity index is 1.61. The number of amides is 2. The average Bonchev–Trinajstić information content (AvgIpc) is 2.77. The van der Waals surface area contributed by atoms with Crippen molar-refractivity contribution in [3.05, 3.63) is 0 Å². The van der Waals surface area contributed by atoms with Crippen molar-refractivity contribution >= 4 is 12.0 Å². The molecular formula is C15H25F2N3O3. The van der Waals surface area contributed by atoms with E-state index in [1.807, 2.05) is 11.8 Å². The van der Waals surface area contributed by atoms with Crippen LogP contribution in [0.1, 0.15) is 39.0 Å². The molecule has 0 bridgehead atoms. The van der Waals surface area contributed by atoms with Crippen molar-refractivity contribution < 1.29 is 23.5 Å². The maximum absolute atomic E-state index is 13.1. The van der Waals surface area contributed by atoms with Crippen LogP contribution < -0.4 is 10.6 Å². The van der Waals surface area contributed by atoms with Crippen LogP contribution in [0.5, 0.6) is 0 Å². The molecule has 1 atom stereocenters. The predicted octanol–water partition coefficient (Wildman–Crippen LogP) is 1.66. The summed E-state index contributed by atoms with van der Waals surface area (Å²) in [6.45, 7) is 2.85. The van der Waals surface area contributed by atoms with Gasteiger partial charge in [0.2, 0.25) is 5.92 Å². The number of likely N-dealkylation sites (N-methyl/N-ethyl adjacent to an activating group) is 1. The van der Waals surface area contributed by atoms with Gasteiger partial charge in [0.25, 0.3) is 0 Å². The van der Waals surface area contributed by atoms with Crippen LogP contribution in [0.4, 0.5) is 13.6 Å². The SMILES string of the molecule is CCN(CC(=O)O)C1CC(NC(=O)NCC2CCC(F)(F)C2)C1. The van der Waals surface area contributed by atoms with Gasteiger partial charge < -0.3 is 15.7 Å². The number of aliphatic carboxylic acids is 1. The van der Waals surface area contributed by atoms with Gasteiger partial charge in [-0.05, 0) is 31.7 Å². The Morgan fingerprint density at radius 3 is 2.57 bits per heavy atom. The van der Waals surface area contributed by atoms with Crippen molar-refractivity contribution in [1.29, 1.82) is 0 Å². The largest absolute Gasteiger partial charge is 0.480 e. The first-order valence-electron chi connectivity index (χ1n) is 8.17. The van der Waals surface area contributed by atoms with Crippen LogP contribution in [0.25, 0.3) is 0 Å². The summed E-state index contributed by atoms with van der Waals surface area (Å²) < 4.78 is 26.1. The Bertz CT molecular complexity index is 442. The van der Waals surface area contributed by atoms with E-state index in [4.69, 9.17) is 5.11 Å². The summed E-state index contributed by atoms with van der Waals surface area (Å²) in [7, 11) is 0. The third-order valence-corrected chi connectivity index (χ3v) is 4.77. The third kappa shape index (κ3) is 5.30. The van der Waals surface area contributed by atoms with Gasteiger partial charge in [0, 0.05) is 31.5 Å². The summed E-state index contributed by atoms with van der Waals surface area (Å²) in [6.07, 6.45) is 1.63. The van der Waals surface area contributed by atoms with Gasteiger partial charge in [0.15, 0.2) is 0 Å². The molecule has 2 amide bonds. The summed E-state index contributed by atoms with van der Waals surface area (Å²) in [4.78, 5) is 24.4. The van der Waals surface area contributed by atoms with Gasteiger partial charge >= 0.3 is 12.0 Å². The minimum Gasteiger partial charge on any atom is -0.480 e. The number of rotatable bonds is 7. The van der Waals surface area contributed by atoms with Crippen LogP contribution in [-0.2, 0) is 4.79 Å². The highest BCUT2D eigenvalue weighted by Crippen LogP contribution is 2.38. The highest BCUT2D eigenvalue weighted by molar-refractivity contribution is 5.74. The molecule has 0 saturated heterocycles. The molecule has 0 aliphatic heterocycles. The second kappa shape index (κ2) is 7.42. The smallest absolute Gasteiger partial charge is 0.317 e. The van der Waals surface area contributed by atoms with Crippen molar-refractivity contribution in [2.24, 2.45) is 5.92 Å². The fourth-order valence-corrected chi connectivity index (χ4v) is 3.37. The Morgan fingerprint density at radius 2 is 2.04 bits per heavy atom. The van der Waals surface area contributed by atoms with Crippen LogP contribution in [0.15, 0.2) is 0 Å². The molecule has 2 fully saturated rings. The molecule has 2 aliphatic rings. The number of carboxylic acids is 1. The summed E-state index contributed by atoms with van der Waals surface area (Å²) >= 11 is 0. The van der Waals surface area contributed by atoms with E-state index in [0.29, 0.717) is 13.0 Å². The van der Waals surface area contributed by atoms with Crippen LogP contribution in [-0.4, -0.2) is 59.6 Å². The number of alkyl halides is 2. The lowest BCUT2D eigenvalue weighted by atomic mass is 9.85. The van der Waals surface area contributed by atoms with E-state index in [0.717, 1.165) is 12.8 Å². The minimum atomic E-state index is -2.59. The van der Waals surface area contributed by atoms with E-state index in [1.165, 1.54) is 0 Å². The normalized spacial score (nSPS) is 29.1. The van der Waals surface area contributed by atoms with E-state index in [2.05, 4.69) is 10.6 Å². The lowest BCUT2D eigenvalue weighted by Gasteiger charge is -2.42. The lowest BCUT2D eigenvalue weighted by Crippen LogP contribution is -2.56. The molecule has 0 aromatic carbocycles. The number of carbonyl (C=O) groups is 2. The Morgan fingerprint density at radius 1 is 1.35 bits per heavy atom. The second-order valence-corrected chi connectivity index (χ2v) is 6.60. The Labute approximate surface area is 134 Å². The Kier molecular flexibility index (Phi) is 5.78. The number of hydrogen-bond donors (Lipinski definition) is 3. The topological polar surface area (TPSA) is 81.7 Å². The van der Waals surface area contributed by atoms with Crippen LogP contribution in [0.2, 0.25) is 0 Å². The molecular weight excluding hydrogens is 308 g/mol. The molecule has 132 valence electrons. The molecule has 2 rings (SSSR count). The maximum atomic E-state index is 13.1. The van der Waals surface area contributed by atoms with Crippen molar-refractivity contribution in [2.75, 3.05) is 19.6 Å². The fourth-order valence-electron chi connectivity index (χ4n) is 3.37. The molecule has 0 heterocycles. The first kappa shape index (κ1) is 17.9. The quantitative estimate of drug-likeness (QED) is 0.662. The van der Waals surface area contributed by atoms with Crippen molar-refractivity contribution in [3.8, 4) is 0 Å². The summed E-state index contributed by atoms with van der Waals surface area (Å²) in [5, 5.41) is 14.3. The molecule has 6 nitrogen and oxygen atoms in total. The monoisotopic (exact) mass is 333 g/mol. The number of nitrogens with zero attached hydrogens (tertiary/aromatic N) is 1. The molecule has 2 aliphatic carbocycles. The molecule has 8 heteroatoms. The fraction of sp³-hybridized carbons (Fsp3) is 0.867. The zero-order valence-electron chi connectivity index (χ0n) is 13.4. The van der Waals surface area contributed by atoms with Crippen LogP contribution in [0.3, 0.4) is 0 Å². The molecule has 3 N–H and O–H groups in total. The van der Waals surface area contributed by atoms with Crippen LogP contribution in [0, 0.1) is 5.92 Å². The summed E-state index contributed by atoms with van der Waals surface area (Å²) in [6, 6.07) is -0.132. The molecule has 0 aromatic rings. The molecule has 23 heavy (non-hydrogen) atoms. The van der Waals surface area contributed by atoms with E-state index in [9.17, 15) is 18.4 Å². The highest BCUT2D eigenvalue weighted by Gasteiger charge is 2.39. The average molecular weight is 333 g/mol. The van der Waals surface area contributed by atoms with Crippen molar-refractivity contribution in [2.45, 2.75) is 57.0 Å². The van der Waals surface area contributed by atoms with Crippen LogP contribution >= 0.6 is 0 Å². The number of carboxylic acid groups (broad SMARTS) is 1. The molecule has 0 aromatic heterocycles. The number of hydrogen-bond acceptors (Lipinski definition) is 3. The first-order chi connectivity index (χ1) is 10.8. The lowest BCUT2D eigenvalue weighted by molar-refractivity contribution is -0.139. The third-order valence-electron chi connectivity index (χ3n) is 4.77. The van der Waals surface area contributed by atoms with Gasteiger partial charge in [-0.15, -0.1) is 0 Å². The first-order valence-corrected chi connectivity index (χ1v) is 8.17. The van der Waals surface area contributed by atoms with Gasteiger partial charge in [-0.25, -0.2) is 13.6 Å². The number of nitrogens with one attached hydrogen (secondary N) is 2. The van der Waals surface area contributed by atoms with E-state index in [1.54, 1.807) is 0 Å². The van der Waals surface area contributed by atoms with Gasteiger partial charge in [0.05, 0.1) is 6.54 Å². The highest BCUT2D eigenvalue weighted by atomic mass is 19.3. The van der Waals surface area contributed by atoms with E-state index in [-0.39, 0.29) is 50.0 Å². The Hall–Kier alpha value is -1.44. The molecule has 2 saturated carbocycles. The van der Waals surface area contributed by atoms with Crippen molar-refractivity contribution in [3.63, 3.8) is 0 Å². The molecule has 0 spiro atoms. The zero-order chi connectivity index (χ0) is 17.0. The van der Waals surface area contributed by atoms with E-state index >= 15 is 0 Å². The predicted molar refractivity (Wildman–Crippen MR) is 80.5 cm³/mol. The van der Waals surface area contributed by atoms with E-state index < -0.39 is 11.9 Å². The number of urea groups is 1. The zero-order valence-corrected chi connectivity index (χ0v) is 13.4. The standard InChI is InChI=1S/C15H25F2N3O3/c1-2-20(9-13(21)22)12-5-11(6-12)19-14(23)18-8-10-3-4-15(16,17)7-10/h10-12H,2-9H2,1H3,(H,21,22)(H2,18,19,23). The molecule has 0 radical (unpaired) electrons. The van der Waals surface area contributed by atoms with Gasteiger partial charge in [-0.3, -0.25) is 9.69 Å². The van der Waals surface area contributed by atoms with Gasteiger partial charge in [-0.2, -0.15) is 0 Å². The number of halogens is 2. The van der Waals surface area contributed by atoms with Gasteiger partial charge in [-0.1, -0.05) is 6.92 Å². The number of carbonyl (C=O) groups excluding carboxylic acids is 1. The summed E-state index contributed by atoms with van der Waals surface area (Å²) in [5.74, 6) is -3.59. The van der Waals surface area contributed by atoms with Gasteiger partial charge in [0.1, 0.15) is 0 Å².